The van der Waals surface area contributed by atoms with Gasteiger partial charge in [-0.25, -0.2) is 0 Å². The molecular weight excluding hydrogens is 901 g/mol. The van der Waals surface area contributed by atoms with E-state index in [1.165, 1.54) is 38.5 Å². The number of carbonyl (C=O) groups is 3. The van der Waals surface area contributed by atoms with Crippen molar-refractivity contribution in [2.75, 3.05) is 13.2 Å². The van der Waals surface area contributed by atoms with Crippen molar-refractivity contribution in [1.82, 2.24) is 0 Å². The van der Waals surface area contributed by atoms with Gasteiger partial charge < -0.3 is 14.2 Å². The molecule has 0 heterocycles. The second kappa shape index (κ2) is 59.8. The Morgan fingerprint density at radius 1 is 0.288 bits per heavy atom. The van der Waals surface area contributed by atoms with Crippen molar-refractivity contribution in [3.63, 3.8) is 0 Å². The molecule has 0 saturated heterocycles. The van der Waals surface area contributed by atoms with E-state index in [4.69, 9.17) is 14.2 Å². The fourth-order valence-electron chi connectivity index (χ4n) is 7.47. The molecule has 410 valence electrons. The lowest BCUT2D eigenvalue weighted by atomic mass is 10.1. The summed E-state index contributed by atoms with van der Waals surface area (Å²) in [6, 6.07) is 0. The molecular formula is C67H106O6. The Hall–Kier alpha value is -4.71. The number of hydrogen-bond donors (Lipinski definition) is 0. The maximum atomic E-state index is 12.9. The zero-order valence-electron chi connectivity index (χ0n) is 46.8. The predicted octanol–water partition coefficient (Wildman–Crippen LogP) is 20.0. The highest BCUT2D eigenvalue weighted by atomic mass is 16.6. The predicted molar refractivity (Wildman–Crippen MR) is 315 cm³/mol. The van der Waals surface area contributed by atoms with Crippen LogP contribution < -0.4 is 0 Å². The molecule has 0 aliphatic carbocycles. The van der Waals surface area contributed by atoms with Crippen LogP contribution in [-0.4, -0.2) is 37.2 Å². The number of esters is 3. The summed E-state index contributed by atoms with van der Waals surface area (Å²) in [6.45, 7) is 6.32. The smallest absolute Gasteiger partial charge is 0.306 e. The Kier molecular flexibility index (Phi) is 56.0. The fourth-order valence-corrected chi connectivity index (χ4v) is 7.47. The first kappa shape index (κ1) is 68.3. The summed E-state index contributed by atoms with van der Waals surface area (Å²) in [7, 11) is 0. The molecule has 6 nitrogen and oxygen atoms in total. The van der Waals surface area contributed by atoms with Crippen molar-refractivity contribution in [3.8, 4) is 0 Å². The molecule has 0 rings (SSSR count). The van der Waals surface area contributed by atoms with Crippen molar-refractivity contribution in [2.45, 2.75) is 245 Å². The average molecular weight is 1010 g/mol. The highest BCUT2D eigenvalue weighted by Crippen LogP contribution is 2.13. The van der Waals surface area contributed by atoms with Crippen LogP contribution in [0.25, 0.3) is 0 Å². The van der Waals surface area contributed by atoms with Gasteiger partial charge in [0.05, 0.1) is 0 Å². The van der Waals surface area contributed by atoms with Gasteiger partial charge in [-0.1, -0.05) is 224 Å². The topological polar surface area (TPSA) is 78.9 Å². The first-order valence-corrected chi connectivity index (χ1v) is 29.3. The molecule has 0 spiro atoms. The zero-order valence-corrected chi connectivity index (χ0v) is 46.8. The second-order valence-electron chi connectivity index (χ2n) is 18.8. The molecule has 0 saturated carbocycles. The van der Waals surface area contributed by atoms with Gasteiger partial charge in [-0.05, 0) is 141 Å². The standard InChI is InChI=1S/C67H106O6/c1-4-7-10-13-16-19-22-25-28-30-32-33-35-36-39-42-45-48-51-54-57-60-66(69)72-63-64(62-71-65(68)59-56-53-50-47-44-41-38-27-24-21-18-15-12-9-6-3)73-67(70)61-58-55-52-49-46-43-40-37-34-31-29-26-23-20-17-14-11-8-5-2/h7-8,10-11,16-21,25-29,32-34,36-39,45,48,64H,4-6,9,12-15,22-24,30-31,35,40-44,46-47,49-63H2,1-3H3/b10-7-,11-8-,19-16-,20-17-,21-18-,28-25-,29-26-,33-32-,37-34-,38-27-,39-36-,48-45-. The molecule has 0 radical (unpaired) electrons. The van der Waals surface area contributed by atoms with Crippen molar-refractivity contribution in [3.05, 3.63) is 146 Å². The van der Waals surface area contributed by atoms with E-state index in [2.05, 4.69) is 167 Å². The molecule has 0 amide bonds. The van der Waals surface area contributed by atoms with E-state index in [0.717, 1.165) is 154 Å². The van der Waals surface area contributed by atoms with Gasteiger partial charge in [-0.3, -0.25) is 14.4 Å². The minimum absolute atomic E-state index is 0.111. The van der Waals surface area contributed by atoms with E-state index in [1.54, 1.807) is 0 Å². The first-order valence-electron chi connectivity index (χ1n) is 29.3. The summed E-state index contributed by atoms with van der Waals surface area (Å²) in [6.07, 6.45) is 85.5. The van der Waals surface area contributed by atoms with Crippen LogP contribution in [0, 0.1) is 0 Å². The monoisotopic (exact) mass is 1010 g/mol. The maximum Gasteiger partial charge on any atom is 0.306 e. The van der Waals surface area contributed by atoms with E-state index in [0.29, 0.717) is 25.7 Å². The third kappa shape index (κ3) is 58.1. The molecule has 0 fully saturated rings. The minimum Gasteiger partial charge on any atom is -0.462 e. The molecule has 0 aromatic carbocycles. The number of allylic oxidation sites excluding steroid dienone is 24. The Morgan fingerprint density at radius 2 is 0.534 bits per heavy atom. The Morgan fingerprint density at radius 3 is 0.863 bits per heavy atom. The molecule has 6 heteroatoms. The Labute approximate surface area is 448 Å². The van der Waals surface area contributed by atoms with Gasteiger partial charge in [0.15, 0.2) is 6.10 Å². The zero-order chi connectivity index (χ0) is 52.9. The summed E-state index contributed by atoms with van der Waals surface area (Å²) in [5, 5.41) is 0. The quantitative estimate of drug-likeness (QED) is 0.0261. The third-order valence-corrected chi connectivity index (χ3v) is 11.8. The lowest BCUT2D eigenvalue weighted by Gasteiger charge is -2.18. The van der Waals surface area contributed by atoms with Crippen LogP contribution in [0.5, 0.6) is 0 Å². The highest BCUT2D eigenvalue weighted by molar-refractivity contribution is 5.71. The molecule has 0 N–H and O–H groups in total. The van der Waals surface area contributed by atoms with Crippen LogP contribution in [-0.2, 0) is 28.6 Å². The SMILES string of the molecule is CC/C=C\C/C=C\C/C=C\C/C=C\C/C=C\C/C=C\CCCCC(=O)OCC(COC(=O)CCCCCCC/C=C\C/C=C\CCCCC)OC(=O)CCCCCCCC/C=C\C/C=C\C/C=C\C/C=C\CC. The number of rotatable bonds is 51. The summed E-state index contributed by atoms with van der Waals surface area (Å²) in [5.41, 5.74) is 0. The normalized spacial score (nSPS) is 13.2. The van der Waals surface area contributed by atoms with Gasteiger partial charge in [0.25, 0.3) is 0 Å². The lowest BCUT2D eigenvalue weighted by Crippen LogP contribution is -2.30. The highest BCUT2D eigenvalue weighted by Gasteiger charge is 2.19. The fraction of sp³-hybridized carbons (Fsp3) is 0.597. The van der Waals surface area contributed by atoms with Gasteiger partial charge in [0, 0.05) is 19.3 Å². The number of unbranched alkanes of at least 4 members (excludes halogenated alkanes) is 16. The largest absolute Gasteiger partial charge is 0.462 e. The van der Waals surface area contributed by atoms with Gasteiger partial charge in [-0.15, -0.1) is 0 Å². The van der Waals surface area contributed by atoms with Crippen molar-refractivity contribution in [2.24, 2.45) is 0 Å². The summed E-state index contributed by atoms with van der Waals surface area (Å²) in [5.74, 6) is -0.988. The Balaban J connectivity index is 4.54. The van der Waals surface area contributed by atoms with Crippen molar-refractivity contribution < 1.29 is 28.6 Å². The van der Waals surface area contributed by atoms with Gasteiger partial charge in [-0.2, -0.15) is 0 Å². The summed E-state index contributed by atoms with van der Waals surface area (Å²) < 4.78 is 16.8. The molecule has 1 atom stereocenters. The van der Waals surface area contributed by atoms with E-state index in [-0.39, 0.29) is 31.1 Å². The van der Waals surface area contributed by atoms with Gasteiger partial charge >= 0.3 is 17.9 Å². The van der Waals surface area contributed by atoms with Crippen LogP contribution in [0.2, 0.25) is 0 Å². The molecule has 0 bridgehead atoms. The van der Waals surface area contributed by atoms with E-state index < -0.39 is 6.10 Å². The number of ether oxygens (including phenoxy) is 3. The summed E-state index contributed by atoms with van der Waals surface area (Å²) >= 11 is 0. The van der Waals surface area contributed by atoms with E-state index in [9.17, 15) is 14.4 Å². The average Bonchev–Trinajstić information content (AvgIpc) is 3.39. The van der Waals surface area contributed by atoms with Crippen molar-refractivity contribution >= 4 is 17.9 Å². The first-order chi connectivity index (χ1) is 36.0. The molecule has 0 aliphatic heterocycles. The molecule has 1 unspecified atom stereocenters. The maximum absolute atomic E-state index is 12.9. The number of carbonyl (C=O) groups excluding carboxylic acids is 3. The van der Waals surface area contributed by atoms with Crippen LogP contribution in [0.1, 0.15) is 239 Å². The minimum atomic E-state index is -0.817. The molecule has 0 aromatic heterocycles. The lowest BCUT2D eigenvalue weighted by molar-refractivity contribution is -0.167. The van der Waals surface area contributed by atoms with E-state index >= 15 is 0 Å². The summed E-state index contributed by atoms with van der Waals surface area (Å²) in [4.78, 5) is 38.2. The van der Waals surface area contributed by atoms with Crippen LogP contribution in [0.15, 0.2) is 146 Å². The molecule has 73 heavy (non-hydrogen) atoms. The molecule has 0 aliphatic rings. The van der Waals surface area contributed by atoms with Crippen LogP contribution in [0.4, 0.5) is 0 Å². The molecule has 0 aromatic rings. The Bertz CT molecular complexity index is 1630. The third-order valence-electron chi connectivity index (χ3n) is 11.8. The van der Waals surface area contributed by atoms with Gasteiger partial charge in [0.2, 0.25) is 0 Å². The van der Waals surface area contributed by atoms with Crippen LogP contribution in [0.3, 0.4) is 0 Å². The second-order valence-corrected chi connectivity index (χ2v) is 18.8. The van der Waals surface area contributed by atoms with Gasteiger partial charge in [0.1, 0.15) is 13.2 Å². The number of hydrogen-bond acceptors (Lipinski definition) is 6. The van der Waals surface area contributed by atoms with E-state index in [1.807, 2.05) is 0 Å². The van der Waals surface area contributed by atoms with Crippen molar-refractivity contribution in [1.29, 1.82) is 0 Å². The van der Waals surface area contributed by atoms with Crippen LogP contribution >= 0.6 is 0 Å².